The standard InChI is InChI=1S/C19H28BrN5O2.HI/c1-3-21-19(23-13-18(27)25-10-4-5-11-25)22-9-8-17(26)24-16-12-15(20)7-6-14(16)2;/h6-7,12H,3-5,8-11,13H2,1-2H3,(H,24,26)(H2,21,22,23);1H. The summed E-state index contributed by atoms with van der Waals surface area (Å²) in [5.74, 6) is 0.525. The second-order valence-electron chi connectivity index (χ2n) is 6.47. The van der Waals surface area contributed by atoms with Crippen LogP contribution in [0.2, 0.25) is 0 Å². The van der Waals surface area contributed by atoms with Crippen molar-refractivity contribution < 1.29 is 9.59 Å². The van der Waals surface area contributed by atoms with Crippen molar-refractivity contribution in [2.45, 2.75) is 33.1 Å². The van der Waals surface area contributed by atoms with Gasteiger partial charge in [-0.2, -0.15) is 0 Å². The van der Waals surface area contributed by atoms with Gasteiger partial charge in [0.15, 0.2) is 5.96 Å². The third-order valence-electron chi connectivity index (χ3n) is 4.29. The van der Waals surface area contributed by atoms with Crippen molar-refractivity contribution in [3.8, 4) is 0 Å². The molecule has 1 heterocycles. The van der Waals surface area contributed by atoms with E-state index in [1.54, 1.807) is 0 Å². The molecule has 1 aromatic carbocycles. The van der Waals surface area contributed by atoms with Crippen LogP contribution in [0.3, 0.4) is 0 Å². The zero-order chi connectivity index (χ0) is 19.6. The summed E-state index contributed by atoms with van der Waals surface area (Å²) >= 11 is 3.41. The maximum Gasteiger partial charge on any atom is 0.244 e. The molecular weight excluding hydrogens is 537 g/mol. The predicted octanol–water partition coefficient (Wildman–Crippen LogP) is 2.88. The third-order valence-corrected chi connectivity index (χ3v) is 4.79. The molecule has 0 aromatic heterocycles. The van der Waals surface area contributed by atoms with Gasteiger partial charge >= 0.3 is 0 Å². The lowest BCUT2D eigenvalue weighted by Crippen LogP contribution is -2.40. The lowest BCUT2D eigenvalue weighted by atomic mass is 10.2. The molecular formula is C19H29BrIN5O2. The normalized spacial score (nSPS) is 13.7. The lowest BCUT2D eigenvalue weighted by molar-refractivity contribution is -0.128. The highest BCUT2D eigenvalue weighted by atomic mass is 127. The fraction of sp³-hybridized carbons (Fsp3) is 0.526. The molecule has 0 unspecified atom stereocenters. The minimum atomic E-state index is -0.0762. The van der Waals surface area contributed by atoms with Crippen LogP contribution < -0.4 is 16.0 Å². The van der Waals surface area contributed by atoms with E-state index in [1.165, 1.54) is 0 Å². The van der Waals surface area contributed by atoms with Gasteiger partial charge in [-0.05, 0) is 44.4 Å². The van der Waals surface area contributed by atoms with E-state index in [0.717, 1.165) is 41.7 Å². The Bertz CT molecular complexity index is 693. The molecule has 0 atom stereocenters. The molecule has 1 aliphatic rings. The van der Waals surface area contributed by atoms with Gasteiger partial charge in [0.05, 0.1) is 0 Å². The molecule has 0 radical (unpaired) electrons. The number of benzene rings is 1. The summed E-state index contributed by atoms with van der Waals surface area (Å²) in [5, 5.41) is 9.12. The van der Waals surface area contributed by atoms with Crippen molar-refractivity contribution >= 4 is 63.4 Å². The molecule has 0 aliphatic carbocycles. The van der Waals surface area contributed by atoms with Crippen LogP contribution in [0.1, 0.15) is 31.7 Å². The highest BCUT2D eigenvalue weighted by molar-refractivity contribution is 14.0. The fourth-order valence-corrected chi connectivity index (χ4v) is 3.15. The molecule has 0 saturated carbocycles. The molecule has 7 nitrogen and oxygen atoms in total. The van der Waals surface area contributed by atoms with Crippen molar-refractivity contribution in [2.75, 3.05) is 38.0 Å². The number of nitrogens with zero attached hydrogens (tertiary/aromatic N) is 2. The van der Waals surface area contributed by atoms with Gasteiger partial charge in [0, 0.05) is 42.8 Å². The quantitative estimate of drug-likeness (QED) is 0.270. The van der Waals surface area contributed by atoms with Gasteiger partial charge in [0.1, 0.15) is 6.54 Å². The van der Waals surface area contributed by atoms with E-state index in [2.05, 4.69) is 36.9 Å². The van der Waals surface area contributed by atoms with E-state index in [9.17, 15) is 9.59 Å². The summed E-state index contributed by atoms with van der Waals surface area (Å²) in [7, 11) is 0. The molecule has 156 valence electrons. The SMILES string of the molecule is CCNC(=NCC(=O)N1CCCC1)NCCC(=O)Nc1cc(Br)ccc1C.I. The second-order valence-corrected chi connectivity index (χ2v) is 7.38. The number of aliphatic imine (C=N–C) groups is 1. The Balaban J connectivity index is 0.00000392. The summed E-state index contributed by atoms with van der Waals surface area (Å²) in [6, 6.07) is 5.77. The first kappa shape index (κ1) is 24.7. The van der Waals surface area contributed by atoms with Crippen LogP contribution >= 0.6 is 39.9 Å². The Morgan fingerprint density at radius 3 is 2.61 bits per heavy atom. The van der Waals surface area contributed by atoms with Gasteiger partial charge in [-0.1, -0.05) is 22.0 Å². The Labute approximate surface area is 192 Å². The number of likely N-dealkylation sites (tertiary alicyclic amines) is 1. The Morgan fingerprint density at radius 2 is 1.93 bits per heavy atom. The Morgan fingerprint density at radius 1 is 1.21 bits per heavy atom. The number of guanidine groups is 1. The second kappa shape index (κ2) is 13.0. The zero-order valence-electron chi connectivity index (χ0n) is 16.4. The summed E-state index contributed by atoms with van der Waals surface area (Å²) in [6.07, 6.45) is 2.44. The molecule has 1 fully saturated rings. The predicted molar refractivity (Wildman–Crippen MR) is 127 cm³/mol. The molecule has 1 saturated heterocycles. The number of halogens is 2. The first-order valence-corrected chi connectivity index (χ1v) is 10.1. The number of anilines is 1. The van der Waals surface area contributed by atoms with Crippen molar-refractivity contribution in [3.63, 3.8) is 0 Å². The molecule has 0 bridgehead atoms. The van der Waals surface area contributed by atoms with Crippen LogP contribution in [0.5, 0.6) is 0 Å². The van der Waals surface area contributed by atoms with Crippen LogP contribution in [0.4, 0.5) is 5.69 Å². The number of carbonyl (C=O) groups is 2. The zero-order valence-corrected chi connectivity index (χ0v) is 20.3. The first-order chi connectivity index (χ1) is 13.0. The average molecular weight is 566 g/mol. The van der Waals surface area contributed by atoms with Gasteiger partial charge in [-0.15, -0.1) is 24.0 Å². The molecule has 9 heteroatoms. The topological polar surface area (TPSA) is 85.8 Å². The molecule has 3 N–H and O–H groups in total. The van der Waals surface area contributed by atoms with Crippen molar-refractivity contribution in [1.29, 1.82) is 0 Å². The number of amides is 2. The van der Waals surface area contributed by atoms with Gasteiger partial charge < -0.3 is 20.9 Å². The molecule has 2 amide bonds. The summed E-state index contributed by atoms with van der Waals surface area (Å²) in [5.41, 5.74) is 1.81. The average Bonchev–Trinajstić information content (AvgIpc) is 3.17. The van der Waals surface area contributed by atoms with Gasteiger partial charge in [0.25, 0.3) is 0 Å². The minimum absolute atomic E-state index is 0. The maximum absolute atomic E-state index is 12.2. The summed E-state index contributed by atoms with van der Waals surface area (Å²) < 4.78 is 0.922. The fourth-order valence-electron chi connectivity index (χ4n) is 2.79. The molecule has 1 aliphatic heterocycles. The van der Waals surface area contributed by atoms with Gasteiger partial charge in [-0.25, -0.2) is 4.99 Å². The van der Waals surface area contributed by atoms with Gasteiger partial charge in [-0.3, -0.25) is 9.59 Å². The summed E-state index contributed by atoms with van der Waals surface area (Å²) in [4.78, 5) is 30.4. The van der Waals surface area contributed by atoms with Crippen molar-refractivity contribution in [3.05, 3.63) is 28.2 Å². The number of hydrogen-bond acceptors (Lipinski definition) is 3. The summed E-state index contributed by atoms with van der Waals surface area (Å²) in [6.45, 7) is 6.81. The third kappa shape index (κ3) is 8.34. The largest absolute Gasteiger partial charge is 0.357 e. The number of hydrogen-bond donors (Lipinski definition) is 3. The first-order valence-electron chi connectivity index (χ1n) is 9.35. The molecule has 2 rings (SSSR count). The van der Waals surface area contributed by atoms with Crippen LogP contribution in [-0.2, 0) is 9.59 Å². The minimum Gasteiger partial charge on any atom is -0.357 e. The lowest BCUT2D eigenvalue weighted by Gasteiger charge is -2.15. The maximum atomic E-state index is 12.2. The van der Waals surface area contributed by atoms with E-state index in [4.69, 9.17) is 0 Å². The van der Waals surface area contributed by atoms with Crippen LogP contribution in [0.25, 0.3) is 0 Å². The molecule has 1 aromatic rings. The highest BCUT2D eigenvalue weighted by Crippen LogP contribution is 2.20. The van der Waals surface area contributed by atoms with Crippen LogP contribution in [-0.4, -0.2) is 55.4 Å². The van der Waals surface area contributed by atoms with Crippen molar-refractivity contribution in [1.82, 2.24) is 15.5 Å². The highest BCUT2D eigenvalue weighted by Gasteiger charge is 2.17. The number of carbonyl (C=O) groups excluding carboxylic acids is 2. The molecule has 0 spiro atoms. The van der Waals surface area contributed by atoms with Crippen LogP contribution in [0, 0.1) is 6.92 Å². The number of nitrogens with one attached hydrogen (secondary N) is 3. The van der Waals surface area contributed by atoms with E-state index in [1.807, 2.05) is 36.9 Å². The number of rotatable bonds is 7. The van der Waals surface area contributed by atoms with Crippen molar-refractivity contribution in [2.24, 2.45) is 4.99 Å². The van der Waals surface area contributed by atoms with Gasteiger partial charge in [0.2, 0.25) is 11.8 Å². The number of aryl methyl sites for hydroxylation is 1. The van der Waals surface area contributed by atoms with E-state index >= 15 is 0 Å². The smallest absolute Gasteiger partial charge is 0.244 e. The Hall–Kier alpha value is -1.36. The van der Waals surface area contributed by atoms with E-state index in [-0.39, 0.29) is 42.3 Å². The Kier molecular flexibility index (Phi) is 11.4. The molecule has 28 heavy (non-hydrogen) atoms. The monoisotopic (exact) mass is 565 g/mol. The van der Waals surface area contributed by atoms with Crippen LogP contribution in [0.15, 0.2) is 27.7 Å². The van der Waals surface area contributed by atoms with E-state index in [0.29, 0.717) is 25.5 Å². The van der Waals surface area contributed by atoms with E-state index < -0.39 is 0 Å².